The SMILES string of the molecule is CCC(C)n1ccc(CN2CCN(CCCCN)CC2)n1. The molecule has 0 aliphatic carbocycles. The zero-order valence-electron chi connectivity index (χ0n) is 13.7. The van der Waals surface area contributed by atoms with Gasteiger partial charge in [-0.1, -0.05) is 6.92 Å². The van der Waals surface area contributed by atoms with E-state index in [1.807, 2.05) is 0 Å². The van der Waals surface area contributed by atoms with E-state index in [4.69, 9.17) is 10.8 Å². The van der Waals surface area contributed by atoms with Crippen LogP contribution < -0.4 is 5.73 Å². The summed E-state index contributed by atoms with van der Waals surface area (Å²) in [6, 6.07) is 2.66. The van der Waals surface area contributed by atoms with Crippen molar-refractivity contribution in [3.63, 3.8) is 0 Å². The zero-order valence-corrected chi connectivity index (χ0v) is 13.7. The molecule has 2 rings (SSSR count). The summed E-state index contributed by atoms with van der Waals surface area (Å²) in [6.45, 7) is 12.1. The maximum Gasteiger partial charge on any atom is 0.0764 e. The molecule has 1 aliphatic heterocycles. The number of piperazine rings is 1. The highest BCUT2D eigenvalue weighted by atomic mass is 15.3. The molecule has 5 heteroatoms. The van der Waals surface area contributed by atoms with Gasteiger partial charge in [0, 0.05) is 45.0 Å². The molecule has 2 heterocycles. The second-order valence-corrected chi connectivity index (χ2v) is 6.16. The third-order valence-corrected chi connectivity index (χ3v) is 4.48. The number of aromatic nitrogens is 2. The van der Waals surface area contributed by atoms with Gasteiger partial charge in [-0.3, -0.25) is 9.58 Å². The lowest BCUT2D eigenvalue weighted by Crippen LogP contribution is -2.46. The van der Waals surface area contributed by atoms with Crippen molar-refractivity contribution in [2.24, 2.45) is 5.73 Å². The van der Waals surface area contributed by atoms with E-state index >= 15 is 0 Å². The Labute approximate surface area is 129 Å². The van der Waals surface area contributed by atoms with Gasteiger partial charge in [0.05, 0.1) is 5.69 Å². The van der Waals surface area contributed by atoms with Crippen LogP contribution in [0.3, 0.4) is 0 Å². The molecule has 0 spiro atoms. The predicted octanol–water partition coefficient (Wildman–Crippen LogP) is 1.71. The summed E-state index contributed by atoms with van der Waals surface area (Å²) in [5.74, 6) is 0. The van der Waals surface area contributed by atoms with Gasteiger partial charge >= 0.3 is 0 Å². The maximum absolute atomic E-state index is 5.55. The predicted molar refractivity (Wildman–Crippen MR) is 87.2 cm³/mol. The lowest BCUT2D eigenvalue weighted by Gasteiger charge is -2.34. The van der Waals surface area contributed by atoms with Crippen LogP contribution in [0.15, 0.2) is 12.3 Å². The van der Waals surface area contributed by atoms with E-state index in [9.17, 15) is 0 Å². The summed E-state index contributed by atoms with van der Waals surface area (Å²) >= 11 is 0. The third-order valence-electron chi connectivity index (χ3n) is 4.48. The average molecular weight is 293 g/mol. The Kier molecular flexibility index (Phi) is 6.67. The Hall–Kier alpha value is -0.910. The molecule has 0 amide bonds. The fraction of sp³-hybridized carbons (Fsp3) is 0.812. The molecule has 1 unspecified atom stereocenters. The van der Waals surface area contributed by atoms with Gasteiger partial charge < -0.3 is 10.6 Å². The molecule has 0 saturated carbocycles. The molecule has 0 bridgehead atoms. The molecule has 1 atom stereocenters. The van der Waals surface area contributed by atoms with Crippen molar-refractivity contribution in [1.29, 1.82) is 0 Å². The molecule has 1 aliphatic rings. The maximum atomic E-state index is 5.55. The van der Waals surface area contributed by atoms with E-state index < -0.39 is 0 Å². The van der Waals surface area contributed by atoms with Crippen molar-refractivity contribution < 1.29 is 0 Å². The van der Waals surface area contributed by atoms with E-state index in [2.05, 4.69) is 40.6 Å². The van der Waals surface area contributed by atoms with E-state index in [0.717, 1.165) is 39.0 Å². The zero-order chi connectivity index (χ0) is 15.1. The first-order valence-corrected chi connectivity index (χ1v) is 8.41. The molecule has 2 N–H and O–H groups in total. The molecule has 1 aromatic heterocycles. The second kappa shape index (κ2) is 8.51. The van der Waals surface area contributed by atoms with Crippen LogP contribution in [0.1, 0.15) is 44.8 Å². The Morgan fingerprint density at radius 1 is 1.19 bits per heavy atom. The molecule has 1 aromatic rings. The monoisotopic (exact) mass is 293 g/mol. The van der Waals surface area contributed by atoms with Gasteiger partial charge in [0.15, 0.2) is 0 Å². The highest BCUT2D eigenvalue weighted by Gasteiger charge is 2.17. The van der Waals surface area contributed by atoms with Crippen molar-refractivity contribution in [3.8, 4) is 0 Å². The number of unbranched alkanes of at least 4 members (excludes halogenated alkanes) is 1. The molecular formula is C16H31N5. The number of hydrogen-bond donors (Lipinski definition) is 1. The minimum atomic E-state index is 0.498. The standard InChI is InChI=1S/C16H31N5/c1-3-15(2)21-9-6-16(18-21)14-20-12-10-19(11-13-20)8-5-4-7-17/h6,9,15H,3-5,7-8,10-14,17H2,1-2H3. The molecule has 120 valence electrons. The Balaban J connectivity index is 1.72. The van der Waals surface area contributed by atoms with Gasteiger partial charge in [0.2, 0.25) is 0 Å². The highest BCUT2D eigenvalue weighted by molar-refractivity contribution is 5.00. The molecule has 1 fully saturated rings. The van der Waals surface area contributed by atoms with Crippen LogP contribution >= 0.6 is 0 Å². The molecule has 1 saturated heterocycles. The third kappa shape index (κ3) is 5.09. The van der Waals surface area contributed by atoms with Gasteiger partial charge in [0.1, 0.15) is 0 Å². The van der Waals surface area contributed by atoms with Crippen LogP contribution in [0.4, 0.5) is 0 Å². The number of nitrogens with zero attached hydrogens (tertiary/aromatic N) is 4. The number of rotatable bonds is 8. The average Bonchev–Trinajstić information content (AvgIpc) is 2.97. The summed E-state index contributed by atoms with van der Waals surface area (Å²) in [7, 11) is 0. The first-order chi connectivity index (χ1) is 10.2. The smallest absolute Gasteiger partial charge is 0.0764 e. The Bertz CT molecular complexity index is 395. The number of hydrogen-bond acceptors (Lipinski definition) is 4. The van der Waals surface area contributed by atoms with Gasteiger partial charge in [-0.25, -0.2) is 0 Å². The summed E-state index contributed by atoms with van der Waals surface area (Å²) in [6.07, 6.45) is 5.62. The molecular weight excluding hydrogens is 262 g/mol. The van der Waals surface area contributed by atoms with E-state index in [1.54, 1.807) is 0 Å². The van der Waals surface area contributed by atoms with Gasteiger partial charge in [-0.15, -0.1) is 0 Å². The van der Waals surface area contributed by atoms with Gasteiger partial charge in [0.25, 0.3) is 0 Å². The molecule has 21 heavy (non-hydrogen) atoms. The summed E-state index contributed by atoms with van der Waals surface area (Å²) in [5, 5.41) is 4.70. The normalized spacial score (nSPS) is 19.0. The summed E-state index contributed by atoms with van der Waals surface area (Å²) < 4.78 is 2.10. The lowest BCUT2D eigenvalue weighted by molar-refractivity contribution is 0.124. The van der Waals surface area contributed by atoms with E-state index in [1.165, 1.54) is 31.7 Å². The first kappa shape index (κ1) is 16.5. The van der Waals surface area contributed by atoms with Crippen LogP contribution in [-0.4, -0.2) is 58.8 Å². The minimum Gasteiger partial charge on any atom is -0.330 e. The summed E-state index contributed by atoms with van der Waals surface area (Å²) in [5.41, 5.74) is 6.75. The van der Waals surface area contributed by atoms with E-state index in [0.29, 0.717) is 6.04 Å². The molecule has 0 radical (unpaired) electrons. The van der Waals surface area contributed by atoms with Crippen molar-refractivity contribution in [1.82, 2.24) is 19.6 Å². The van der Waals surface area contributed by atoms with Crippen LogP contribution in [0.2, 0.25) is 0 Å². The minimum absolute atomic E-state index is 0.498. The first-order valence-electron chi connectivity index (χ1n) is 8.41. The fourth-order valence-electron chi connectivity index (χ4n) is 2.77. The van der Waals surface area contributed by atoms with Crippen LogP contribution in [0.25, 0.3) is 0 Å². The summed E-state index contributed by atoms with van der Waals surface area (Å²) in [4.78, 5) is 5.08. The second-order valence-electron chi connectivity index (χ2n) is 6.16. The topological polar surface area (TPSA) is 50.3 Å². The quantitative estimate of drug-likeness (QED) is 0.741. The van der Waals surface area contributed by atoms with Crippen LogP contribution in [0.5, 0.6) is 0 Å². The van der Waals surface area contributed by atoms with Crippen LogP contribution in [-0.2, 0) is 6.54 Å². The van der Waals surface area contributed by atoms with Crippen molar-refractivity contribution >= 4 is 0 Å². The molecule has 0 aromatic carbocycles. The van der Waals surface area contributed by atoms with E-state index in [-0.39, 0.29) is 0 Å². The van der Waals surface area contributed by atoms with Crippen molar-refractivity contribution in [3.05, 3.63) is 18.0 Å². The Morgan fingerprint density at radius 2 is 1.90 bits per heavy atom. The van der Waals surface area contributed by atoms with Gasteiger partial charge in [-0.2, -0.15) is 5.10 Å². The van der Waals surface area contributed by atoms with Crippen LogP contribution in [0, 0.1) is 0 Å². The van der Waals surface area contributed by atoms with Crippen molar-refractivity contribution in [2.75, 3.05) is 39.3 Å². The van der Waals surface area contributed by atoms with Gasteiger partial charge in [-0.05, 0) is 45.3 Å². The largest absolute Gasteiger partial charge is 0.330 e. The van der Waals surface area contributed by atoms with Crippen molar-refractivity contribution in [2.45, 2.75) is 45.7 Å². The fourth-order valence-corrected chi connectivity index (χ4v) is 2.77. The highest BCUT2D eigenvalue weighted by Crippen LogP contribution is 2.12. The Morgan fingerprint density at radius 3 is 2.57 bits per heavy atom. The number of nitrogens with two attached hydrogens (primary N) is 1. The molecule has 5 nitrogen and oxygen atoms in total. The lowest BCUT2D eigenvalue weighted by atomic mass is 10.2.